The van der Waals surface area contributed by atoms with Gasteiger partial charge in [-0.1, -0.05) is 18.6 Å². The van der Waals surface area contributed by atoms with Crippen LogP contribution in [0.5, 0.6) is 0 Å². The summed E-state index contributed by atoms with van der Waals surface area (Å²) in [6.45, 7) is 9.30. The van der Waals surface area contributed by atoms with Gasteiger partial charge in [0.15, 0.2) is 0 Å². The molecule has 0 aromatic heterocycles. The number of ether oxygens (including phenoxy) is 2. The van der Waals surface area contributed by atoms with Gasteiger partial charge < -0.3 is 20.1 Å². The molecule has 7 nitrogen and oxygen atoms in total. The summed E-state index contributed by atoms with van der Waals surface area (Å²) in [7, 11) is 0. The highest BCUT2D eigenvalue weighted by molar-refractivity contribution is 5.67. The fourth-order valence-electron chi connectivity index (χ4n) is 6.29. The lowest BCUT2D eigenvalue weighted by molar-refractivity contribution is -0.383. The predicted octanol–water partition coefficient (Wildman–Crippen LogP) is 4.04. The Bertz CT molecular complexity index is 739. The van der Waals surface area contributed by atoms with Crippen molar-refractivity contribution in [3.8, 4) is 0 Å². The number of amides is 1. The van der Waals surface area contributed by atoms with Gasteiger partial charge in [0.1, 0.15) is 5.60 Å². The van der Waals surface area contributed by atoms with Crippen molar-refractivity contribution in [2.75, 3.05) is 13.1 Å². The van der Waals surface area contributed by atoms with Crippen LogP contribution in [0.3, 0.4) is 0 Å². The topological polar surface area (TPSA) is 78.1 Å². The summed E-state index contributed by atoms with van der Waals surface area (Å²) in [5.41, 5.74) is 1.17. The zero-order valence-corrected chi connectivity index (χ0v) is 19.4. The average molecular weight is 435 g/mol. The highest BCUT2D eigenvalue weighted by Crippen LogP contribution is 2.68. The Kier molecular flexibility index (Phi) is 5.40. The summed E-state index contributed by atoms with van der Waals surface area (Å²) < 4.78 is 12.0. The SMILES string of the molecule is CC1C=C2CC3CC(C23)C12OOC1(CCC(NCCCNC(=O)OC(C)(C)C)CC1)O2. The van der Waals surface area contributed by atoms with E-state index in [1.807, 2.05) is 20.8 Å². The van der Waals surface area contributed by atoms with Crippen LogP contribution in [0.25, 0.3) is 0 Å². The number of allylic oxidation sites excluding steroid dienone is 1. The molecule has 4 fully saturated rings. The zero-order chi connectivity index (χ0) is 21.9. The number of carbonyl (C=O) groups excluding carboxylic acids is 1. The van der Waals surface area contributed by atoms with Crippen LogP contribution in [-0.4, -0.2) is 42.4 Å². The Balaban J connectivity index is 1.04. The Morgan fingerprint density at radius 2 is 2.00 bits per heavy atom. The first-order valence-electron chi connectivity index (χ1n) is 12.2. The van der Waals surface area contributed by atoms with E-state index in [9.17, 15) is 4.79 Å². The van der Waals surface area contributed by atoms with Gasteiger partial charge in [0, 0.05) is 37.3 Å². The molecule has 4 aliphatic carbocycles. The van der Waals surface area contributed by atoms with E-state index in [1.54, 1.807) is 5.57 Å². The number of hydrogen-bond acceptors (Lipinski definition) is 6. The lowest BCUT2D eigenvalue weighted by atomic mass is 9.45. The van der Waals surface area contributed by atoms with Crippen molar-refractivity contribution in [1.29, 1.82) is 0 Å². The third-order valence-electron chi connectivity index (χ3n) is 7.91. The number of fused-ring (bicyclic) bond motifs is 1. The number of alkyl carbamates (subject to hydrolysis) is 1. The second-order valence-electron chi connectivity index (χ2n) is 11.3. The molecule has 0 aromatic carbocycles. The normalized spacial score (nSPS) is 43.1. The van der Waals surface area contributed by atoms with E-state index in [2.05, 4.69) is 23.6 Å². The molecule has 5 aliphatic rings. The summed E-state index contributed by atoms with van der Waals surface area (Å²) in [5.74, 6) is 1.10. The molecule has 5 rings (SSSR count). The minimum atomic E-state index is -0.578. The van der Waals surface area contributed by atoms with Gasteiger partial charge in [-0.3, -0.25) is 0 Å². The first-order valence-corrected chi connectivity index (χ1v) is 12.2. The van der Waals surface area contributed by atoms with Crippen molar-refractivity contribution >= 4 is 6.09 Å². The minimum Gasteiger partial charge on any atom is -0.444 e. The summed E-state index contributed by atoms with van der Waals surface area (Å²) in [4.78, 5) is 23.7. The number of carbonyl (C=O) groups is 1. The van der Waals surface area contributed by atoms with E-state index in [-0.39, 0.29) is 12.0 Å². The molecule has 1 heterocycles. The summed E-state index contributed by atoms with van der Waals surface area (Å²) >= 11 is 0. The van der Waals surface area contributed by atoms with Crippen LogP contribution in [0.15, 0.2) is 11.6 Å². The molecule has 5 atom stereocenters. The van der Waals surface area contributed by atoms with E-state index in [4.69, 9.17) is 19.2 Å². The Hall–Kier alpha value is -1.15. The Morgan fingerprint density at radius 3 is 2.71 bits per heavy atom. The van der Waals surface area contributed by atoms with E-state index in [0.717, 1.165) is 44.6 Å². The van der Waals surface area contributed by atoms with Gasteiger partial charge in [-0.2, -0.15) is 9.78 Å². The summed E-state index contributed by atoms with van der Waals surface area (Å²) in [6.07, 6.45) is 9.13. The van der Waals surface area contributed by atoms with E-state index in [0.29, 0.717) is 24.4 Å². The van der Waals surface area contributed by atoms with Crippen molar-refractivity contribution in [1.82, 2.24) is 10.6 Å². The predicted molar refractivity (Wildman–Crippen MR) is 115 cm³/mol. The molecule has 1 saturated heterocycles. The molecule has 31 heavy (non-hydrogen) atoms. The van der Waals surface area contributed by atoms with Crippen LogP contribution in [0, 0.1) is 23.7 Å². The Morgan fingerprint density at radius 1 is 1.23 bits per heavy atom. The fourth-order valence-corrected chi connectivity index (χ4v) is 6.29. The maximum atomic E-state index is 11.7. The number of nitrogens with one attached hydrogen (secondary N) is 2. The van der Waals surface area contributed by atoms with Crippen LogP contribution in [-0.2, 0) is 19.2 Å². The molecule has 0 bridgehead atoms. The van der Waals surface area contributed by atoms with E-state index in [1.165, 1.54) is 12.8 Å². The second kappa shape index (κ2) is 7.72. The molecule has 1 aliphatic heterocycles. The molecule has 2 N–H and O–H groups in total. The number of hydrogen-bond donors (Lipinski definition) is 2. The van der Waals surface area contributed by atoms with E-state index < -0.39 is 17.2 Å². The van der Waals surface area contributed by atoms with Crippen molar-refractivity contribution in [3.63, 3.8) is 0 Å². The molecule has 0 radical (unpaired) electrons. The lowest BCUT2D eigenvalue weighted by Gasteiger charge is -2.63. The molecule has 7 heteroatoms. The molecule has 5 unspecified atom stereocenters. The molecule has 1 amide bonds. The third-order valence-corrected chi connectivity index (χ3v) is 7.91. The van der Waals surface area contributed by atoms with E-state index >= 15 is 0 Å². The standard InChI is InChI=1S/C24H38N2O5/c1-15-12-16-13-17-14-19(20(16)17)24(15)29-23(30-31-24)8-6-18(7-9-23)25-10-5-11-26-21(27)28-22(2,3)4/h12,15,17-20,25H,5-11,13-14H2,1-4H3,(H,26,27). The second-order valence-corrected chi connectivity index (χ2v) is 11.3. The number of rotatable bonds is 5. The van der Waals surface area contributed by atoms with Crippen LogP contribution in [0.1, 0.15) is 72.6 Å². The van der Waals surface area contributed by atoms with Crippen LogP contribution in [0.2, 0.25) is 0 Å². The van der Waals surface area contributed by atoms with Crippen LogP contribution >= 0.6 is 0 Å². The first kappa shape index (κ1) is 21.7. The first-order chi connectivity index (χ1) is 14.7. The van der Waals surface area contributed by atoms with Crippen LogP contribution < -0.4 is 10.6 Å². The molecule has 3 saturated carbocycles. The summed E-state index contributed by atoms with van der Waals surface area (Å²) in [5, 5.41) is 6.43. The fraction of sp³-hybridized carbons (Fsp3) is 0.875. The molecular weight excluding hydrogens is 396 g/mol. The van der Waals surface area contributed by atoms with Gasteiger partial charge in [-0.15, -0.1) is 0 Å². The van der Waals surface area contributed by atoms with Crippen molar-refractivity contribution in [2.24, 2.45) is 23.7 Å². The molecule has 0 aromatic rings. The zero-order valence-electron chi connectivity index (χ0n) is 19.4. The highest BCUT2D eigenvalue weighted by atomic mass is 17.3. The lowest BCUT2D eigenvalue weighted by Crippen LogP contribution is -2.63. The van der Waals surface area contributed by atoms with Crippen molar-refractivity contribution in [3.05, 3.63) is 11.6 Å². The van der Waals surface area contributed by atoms with Gasteiger partial charge in [0.25, 0.3) is 0 Å². The van der Waals surface area contributed by atoms with Crippen molar-refractivity contribution in [2.45, 2.75) is 95.9 Å². The molecule has 2 spiro atoms. The van der Waals surface area contributed by atoms with Gasteiger partial charge >= 0.3 is 6.09 Å². The monoisotopic (exact) mass is 434 g/mol. The quantitative estimate of drug-likeness (QED) is 0.386. The average Bonchev–Trinajstić information content (AvgIpc) is 3.04. The van der Waals surface area contributed by atoms with Crippen LogP contribution in [0.4, 0.5) is 4.79 Å². The maximum Gasteiger partial charge on any atom is 0.407 e. The van der Waals surface area contributed by atoms with Crippen molar-refractivity contribution < 1.29 is 24.0 Å². The van der Waals surface area contributed by atoms with Gasteiger partial charge in [0.2, 0.25) is 11.6 Å². The maximum absolute atomic E-state index is 11.7. The minimum absolute atomic E-state index is 0.248. The molecule has 174 valence electrons. The Labute approximate surface area is 185 Å². The van der Waals surface area contributed by atoms with Gasteiger partial charge in [-0.05, 0) is 71.3 Å². The largest absolute Gasteiger partial charge is 0.444 e. The smallest absolute Gasteiger partial charge is 0.407 e. The molecular formula is C24H38N2O5. The summed E-state index contributed by atoms with van der Waals surface area (Å²) in [6, 6.07) is 0.450. The van der Waals surface area contributed by atoms with Gasteiger partial charge in [-0.25, -0.2) is 4.79 Å². The third kappa shape index (κ3) is 3.92. The van der Waals surface area contributed by atoms with Gasteiger partial charge in [0.05, 0.1) is 0 Å². The highest BCUT2D eigenvalue weighted by Gasteiger charge is 2.69.